The van der Waals surface area contributed by atoms with E-state index in [0.29, 0.717) is 6.73 Å². The number of hydrogen-bond donors (Lipinski definition) is 0. The number of pyridine rings is 1. The van der Waals surface area contributed by atoms with Gasteiger partial charge in [0.15, 0.2) is 0 Å². The lowest BCUT2D eigenvalue weighted by Gasteiger charge is -2.32. The highest BCUT2D eigenvalue weighted by atomic mass is 16.5. The van der Waals surface area contributed by atoms with Crippen LogP contribution in [0, 0.1) is 6.92 Å². The molecule has 4 heteroatoms. The summed E-state index contributed by atoms with van der Waals surface area (Å²) in [6.45, 7) is 11.2. The second-order valence-electron chi connectivity index (χ2n) is 4.69. The van der Waals surface area contributed by atoms with E-state index in [-0.39, 0.29) is 5.54 Å². The maximum Gasteiger partial charge on any atom is 0.119 e. The maximum absolute atomic E-state index is 5.51. The van der Waals surface area contributed by atoms with E-state index in [9.17, 15) is 0 Å². The Morgan fingerprint density at radius 3 is 2.88 bits per heavy atom. The number of nitrogens with zero attached hydrogens (tertiary/aromatic N) is 3. The smallest absolute Gasteiger partial charge is 0.119 e. The highest BCUT2D eigenvalue weighted by Crippen LogP contribution is 2.35. The Balaban J connectivity index is 2.46. The molecule has 0 N–H and O–H groups in total. The molecule has 1 aliphatic heterocycles. The Bertz CT molecular complexity index is 415. The normalized spacial score (nSPS) is 18.8. The Kier molecular flexibility index (Phi) is 2.68. The molecule has 0 amide bonds. The fourth-order valence-electron chi connectivity index (χ4n) is 1.91. The molecule has 1 aromatic heterocycles. The Morgan fingerprint density at radius 1 is 1.56 bits per heavy atom. The van der Waals surface area contributed by atoms with Gasteiger partial charge in [-0.05, 0) is 33.6 Å². The number of aromatic nitrogens is 1. The number of hydrogen-bond acceptors (Lipinski definition) is 4. The molecule has 1 aliphatic rings. The van der Waals surface area contributed by atoms with Gasteiger partial charge in [0.2, 0.25) is 0 Å². The third-order valence-corrected chi connectivity index (χ3v) is 2.87. The topological polar surface area (TPSA) is 37.7 Å². The minimum absolute atomic E-state index is 0.00671. The molecule has 4 nitrogen and oxygen atoms in total. The zero-order valence-electron chi connectivity index (χ0n) is 10.0. The van der Waals surface area contributed by atoms with Gasteiger partial charge >= 0.3 is 0 Å². The van der Waals surface area contributed by atoms with Crippen LogP contribution in [0.4, 0.5) is 11.4 Å². The van der Waals surface area contributed by atoms with Gasteiger partial charge in [-0.2, -0.15) is 0 Å². The van der Waals surface area contributed by atoms with E-state index in [1.807, 2.05) is 13.0 Å². The van der Waals surface area contributed by atoms with Crippen LogP contribution in [-0.2, 0) is 4.74 Å². The van der Waals surface area contributed by atoms with Crippen molar-refractivity contribution in [1.29, 1.82) is 0 Å². The highest BCUT2D eigenvalue weighted by molar-refractivity contribution is 5.69. The summed E-state index contributed by atoms with van der Waals surface area (Å²) >= 11 is 0. The molecule has 1 aromatic rings. The van der Waals surface area contributed by atoms with Crippen molar-refractivity contribution in [2.45, 2.75) is 26.3 Å². The van der Waals surface area contributed by atoms with Gasteiger partial charge in [-0.3, -0.25) is 9.98 Å². The molecule has 0 spiro atoms. The van der Waals surface area contributed by atoms with Crippen LogP contribution in [0.1, 0.15) is 19.5 Å². The van der Waals surface area contributed by atoms with E-state index in [1.165, 1.54) is 0 Å². The molecule has 0 radical (unpaired) electrons. The maximum atomic E-state index is 5.51. The van der Waals surface area contributed by atoms with Crippen LogP contribution in [0.3, 0.4) is 0 Å². The third-order valence-electron chi connectivity index (χ3n) is 2.87. The van der Waals surface area contributed by atoms with Crippen LogP contribution in [0.2, 0.25) is 0 Å². The summed E-state index contributed by atoms with van der Waals surface area (Å²) in [5, 5.41) is 0. The van der Waals surface area contributed by atoms with Crippen molar-refractivity contribution in [2.75, 3.05) is 18.2 Å². The molecule has 1 saturated heterocycles. The Morgan fingerprint density at radius 2 is 2.31 bits per heavy atom. The molecular weight excluding hydrogens is 202 g/mol. The molecule has 2 rings (SSSR count). The van der Waals surface area contributed by atoms with Gasteiger partial charge in [0.05, 0.1) is 24.0 Å². The molecule has 0 unspecified atom stereocenters. The Hall–Kier alpha value is -1.42. The number of aryl methyl sites for hydroxylation is 1. The zero-order valence-corrected chi connectivity index (χ0v) is 10.0. The molecule has 0 bridgehead atoms. The first-order valence-electron chi connectivity index (χ1n) is 5.33. The standard InChI is InChI=1S/C12H17N3O/c1-9-5-11(10(13-4)6-14-9)15-8-16-7-12(15,2)3/h5-6H,4,7-8H2,1-3H3. The van der Waals surface area contributed by atoms with Crippen LogP contribution in [0.15, 0.2) is 17.3 Å². The molecule has 86 valence electrons. The van der Waals surface area contributed by atoms with E-state index in [1.54, 1.807) is 6.20 Å². The lowest BCUT2D eigenvalue weighted by molar-refractivity contribution is 0.184. The first-order valence-corrected chi connectivity index (χ1v) is 5.33. The molecule has 1 fully saturated rings. The number of aliphatic imine (C=N–C) groups is 1. The Labute approximate surface area is 96.0 Å². The van der Waals surface area contributed by atoms with Crippen molar-refractivity contribution in [3.8, 4) is 0 Å². The van der Waals surface area contributed by atoms with Crippen molar-refractivity contribution in [3.05, 3.63) is 18.0 Å². The van der Waals surface area contributed by atoms with E-state index in [2.05, 4.69) is 35.4 Å². The molecule has 16 heavy (non-hydrogen) atoms. The van der Waals surface area contributed by atoms with Gasteiger partial charge < -0.3 is 9.64 Å². The van der Waals surface area contributed by atoms with Crippen LogP contribution in [0.5, 0.6) is 0 Å². The van der Waals surface area contributed by atoms with Gasteiger partial charge in [-0.1, -0.05) is 0 Å². The second kappa shape index (κ2) is 3.87. The molecule has 2 heterocycles. The fourth-order valence-corrected chi connectivity index (χ4v) is 1.91. The van der Waals surface area contributed by atoms with Crippen molar-refractivity contribution in [3.63, 3.8) is 0 Å². The van der Waals surface area contributed by atoms with Crippen molar-refractivity contribution in [2.24, 2.45) is 4.99 Å². The molecule has 0 saturated carbocycles. The largest absolute Gasteiger partial charge is 0.359 e. The van der Waals surface area contributed by atoms with Crippen LogP contribution in [0.25, 0.3) is 0 Å². The minimum atomic E-state index is -0.00671. The van der Waals surface area contributed by atoms with Gasteiger partial charge in [-0.15, -0.1) is 0 Å². The summed E-state index contributed by atoms with van der Waals surface area (Å²) in [6.07, 6.45) is 1.76. The van der Waals surface area contributed by atoms with Crippen molar-refractivity contribution >= 4 is 18.1 Å². The molecule has 0 atom stereocenters. The highest BCUT2D eigenvalue weighted by Gasteiger charge is 2.34. The third kappa shape index (κ3) is 1.80. The predicted molar refractivity (Wildman–Crippen MR) is 65.6 cm³/mol. The summed E-state index contributed by atoms with van der Waals surface area (Å²) in [7, 11) is 0. The van der Waals surface area contributed by atoms with Gasteiger partial charge in [0.25, 0.3) is 0 Å². The SMILES string of the molecule is C=Nc1cnc(C)cc1N1COCC1(C)C. The van der Waals surface area contributed by atoms with Gasteiger partial charge in [-0.25, -0.2) is 0 Å². The van der Waals surface area contributed by atoms with Crippen molar-refractivity contribution < 1.29 is 4.74 Å². The molecule has 0 aromatic carbocycles. The van der Waals surface area contributed by atoms with Gasteiger partial charge in [0.1, 0.15) is 12.4 Å². The summed E-state index contributed by atoms with van der Waals surface area (Å²) in [6, 6.07) is 2.03. The first kappa shape index (κ1) is 11.1. The summed E-state index contributed by atoms with van der Waals surface area (Å²) in [4.78, 5) is 10.4. The average Bonchev–Trinajstić information content (AvgIpc) is 2.58. The van der Waals surface area contributed by atoms with Crippen LogP contribution >= 0.6 is 0 Å². The van der Waals surface area contributed by atoms with Crippen LogP contribution in [-0.4, -0.2) is 30.6 Å². The summed E-state index contributed by atoms with van der Waals surface area (Å²) in [5.41, 5.74) is 2.83. The summed E-state index contributed by atoms with van der Waals surface area (Å²) in [5.74, 6) is 0. The quantitative estimate of drug-likeness (QED) is 0.716. The molecular formula is C12H17N3O. The number of anilines is 1. The predicted octanol–water partition coefficient (Wildman–Crippen LogP) is 2.29. The van der Waals surface area contributed by atoms with E-state index in [4.69, 9.17) is 4.74 Å². The van der Waals surface area contributed by atoms with E-state index >= 15 is 0 Å². The zero-order chi connectivity index (χ0) is 11.8. The minimum Gasteiger partial charge on any atom is -0.359 e. The van der Waals surface area contributed by atoms with E-state index in [0.717, 1.165) is 23.7 Å². The van der Waals surface area contributed by atoms with Crippen molar-refractivity contribution in [1.82, 2.24) is 4.98 Å². The average molecular weight is 219 g/mol. The van der Waals surface area contributed by atoms with E-state index < -0.39 is 0 Å². The van der Waals surface area contributed by atoms with Gasteiger partial charge in [0, 0.05) is 5.69 Å². The fraction of sp³-hybridized carbons (Fsp3) is 0.500. The lowest BCUT2D eigenvalue weighted by Crippen LogP contribution is -2.40. The first-order chi connectivity index (χ1) is 7.54. The number of rotatable bonds is 2. The lowest BCUT2D eigenvalue weighted by atomic mass is 10.0. The number of ether oxygens (including phenoxy) is 1. The summed E-state index contributed by atoms with van der Waals surface area (Å²) < 4.78 is 5.51. The molecule has 0 aliphatic carbocycles. The second-order valence-corrected chi connectivity index (χ2v) is 4.69. The monoisotopic (exact) mass is 219 g/mol. The van der Waals surface area contributed by atoms with Crippen LogP contribution < -0.4 is 4.90 Å².